The van der Waals surface area contributed by atoms with Crippen molar-refractivity contribution in [3.63, 3.8) is 0 Å². The van der Waals surface area contributed by atoms with E-state index in [0.717, 1.165) is 19.3 Å². The predicted octanol–water partition coefficient (Wildman–Crippen LogP) is 1.77. The van der Waals surface area contributed by atoms with Gasteiger partial charge in [0.1, 0.15) is 6.61 Å². The Kier molecular flexibility index (Phi) is 6.33. The summed E-state index contributed by atoms with van der Waals surface area (Å²) < 4.78 is 38.7. The quantitative estimate of drug-likeness (QED) is 0.674. The normalized spacial score (nSPS) is 18.6. The number of hydrogen-bond donors (Lipinski definition) is 2. The first-order valence-corrected chi connectivity index (χ1v) is 11.9. The van der Waals surface area contributed by atoms with Gasteiger partial charge >= 0.3 is 0 Å². The van der Waals surface area contributed by atoms with Gasteiger partial charge in [-0.2, -0.15) is 4.31 Å². The Bertz CT molecular complexity index is 1130. The van der Waals surface area contributed by atoms with Gasteiger partial charge in [-0.05, 0) is 49.6 Å². The molecule has 0 aromatic heterocycles. The molecule has 2 aliphatic rings. The Labute approximate surface area is 186 Å². The summed E-state index contributed by atoms with van der Waals surface area (Å²) >= 11 is 0. The van der Waals surface area contributed by atoms with Crippen LogP contribution in [-0.4, -0.2) is 50.3 Å². The van der Waals surface area contributed by atoms with Crippen LogP contribution >= 0.6 is 0 Å². The summed E-state index contributed by atoms with van der Waals surface area (Å²) in [6.07, 6.45) is 1.72. The fraction of sp³-hybridized carbons (Fsp3) is 0.364. The summed E-state index contributed by atoms with van der Waals surface area (Å²) in [5.74, 6) is -0.231. The van der Waals surface area contributed by atoms with Gasteiger partial charge < -0.3 is 9.47 Å². The molecule has 0 aliphatic carbocycles. The summed E-state index contributed by atoms with van der Waals surface area (Å²) in [6, 6.07) is 11.4. The number of benzene rings is 2. The third-order valence-corrected chi connectivity index (χ3v) is 7.52. The van der Waals surface area contributed by atoms with E-state index in [9.17, 15) is 18.0 Å². The number of hydrogen-bond acceptors (Lipinski definition) is 6. The Balaban J connectivity index is 1.42. The predicted molar refractivity (Wildman–Crippen MR) is 116 cm³/mol. The van der Waals surface area contributed by atoms with Gasteiger partial charge in [0.05, 0.1) is 4.90 Å². The summed E-state index contributed by atoms with van der Waals surface area (Å²) in [5.41, 5.74) is 5.31. The van der Waals surface area contributed by atoms with E-state index in [0.29, 0.717) is 30.2 Å². The largest absolute Gasteiger partial charge is 0.485 e. The molecule has 4 rings (SSSR count). The third kappa shape index (κ3) is 4.56. The number of sulfonamides is 1. The number of rotatable bonds is 4. The van der Waals surface area contributed by atoms with Gasteiger partial charge in [0.25, 0.3) is 11.8 Å². The molecule has 9 nitrogen and oxygen atoms in total. The maximum Gasteiger partial charge on any atom is 0.283 e. The highest BCUT2D eigenvalue weighted by Gasteiger charge is 2.29. The molecule has 2 heterocycles. The van der Waals surface area contributed by atoms with Crippen molar-refractivity contribution in [1.82, 2.24) is 15.2 Å². The van der Waals surface area contributed by atoms with Crippen LogP contribution in [0.25, 0.3) is 0 Å². The minimum atomic E-state index is -3.70. The fourth-order valence-electron chi connectivity index (χ4n) is 3.68. The zero-order chi connectivity index (χ0) is 22.7. The second-order valence-electron chi connectivity index (χ2n) is 7.75. The molecule has 2 N–H and O–H groups in total. The molecule has 10 heteroatoms. The molecule has 2 aliphatic heterocycles. The smallest absolute Gasteiger partial charge is 0.283 e. The van der Waals surface area contributed by atoms with Crippen molar-refractivity contribution in [3.05, 3.63) is 53.6 Å². The SMILES string of the molecule is Cc1ccc(C(=O)NNC(=O)[C@@H]2COc3ccccc3O2)cc1S(=O)(=O)N1CCCCC1. The Morgan fingerprint density at radius 1 is 1.00 bits per heavy atom. The lowest BCUT2D eigenvalue weighted by Gasteiger charge is -2.26. The zero-order valence-electron chi connectivity index (χ0n) is 17.7. The molecule has 0 bridgehead atoms. The number of fused-ring (bicyclic) bond motifs is 1. The van der Waals surface area contributed by atoms with Gasteiger partial charge in [0.15, 0.2) is 11.5 Å². The molecule has 0 saturated carbocycles. The zero-order valence-corrected chi connectivity index (χ0v) is 18.5. The van der Waals surface area contributed by atoms with Gasteiger partial charge in [-0.1, -0.05) is 24.6 Å². The number of nitrogens with zero attached hydrogens (tertiary/aromatic N) is 1. The molecular weight excluding hydrogens is 434 g/mol. The standard InChI is InChI=1S/C22H25N3O6S/c1-15-9-10-16(13-20(15)32(28,29)25-11-5-2-6-12-25)21(26)23-24-22(27)19-14-30-17-7-3-4-8-18(17)31-19/h3-4,7-10,13,19H,2,5-6,11-12,14H2,1H3,(H,23,26)(H,24,27)/t19-/m0/s1. The maximum atomic E-state index is 13.1. The number of amides is 2. The Morgan fingerprint density at radius 3 is 2.47 bits per heavy atom. The minimum Gasteiger partial charge on any atom is -0.485 e. The maximum absolute atomic E-state index is 13.1. The van der Waals surface area contributed by atoms with E-state index in [1.165, 1.54) is 16.4 Å². The second kappa shape index (κ2) is 9.17. The van der Waals surface area contributed by atoms with Crippen LogP contribution in [0.3, 0.4) is 0 Å². The number of para-hydroxylation sites is 2. The third-order valence-electron chi connectivity index (χ3n) is 5.48. The average molecular weight is 460 g/mol. The van der Waals surface area contributed by atoms with Crippen LogP contribution in [0.15, 0.2) is 47.4 Å². The monoisotopic (exact) mass is 459 g/mol. The molecule has 1 saturated heterocycles. The first-order valence-electron chi connectivity index (χ1n) is 10.5. The van der Waals surface area contributed by atoms with E-state index >= 15 is 0 Å². The van der Waals surface area contributed by atoms with E-state index in [1.807, 2.05) is 0 Å². The number of nitrogens with one attached hydrogen (secondary N) is 2. The molecule has 0 spiro atoms. The van der Waals surface area contributed by atoms with E-state index < -0.39 is 27.9 Å². The molecule has 170 valence electrons. The first-order chi connectivity index (χ1) is 15.4. The molecule has 2 amide bonds. The highest BCUT2D eigenvalue weighted by Crippen LogP contribution is 2.30. The second-order valence-corrected chi connectivity index (χ2v) is 9.66. The van der Waals surface area contributed by atoms with Crippen LogP contribution in [0.2, 0.25) is 0 Å². The van der Waals surface area contributed by atoms with Crippen LogP contribution in [0.5, 0.6) is 11.5 Å². The minimum absolute atomic E-state index is 0.00146. The lowest BCUT2D eigenvalue weighted by atomic mass is 10.1. The number of hydrazine groups is 1. The van der Waals surface area contributed by atoms with Crippen LogP contribution in [0, 0.1) is 6.92 Å². The summed E-state index contributed by atoms with van der Waals surface area (Å²) in [6.45, 7) is 2.64. The van der Waals surface area contributed by atoms with E-state index in [-0.39, 0.29) is 17.1 Å². The van der Waals surface area contributed by atoms with Crippen molar-refractivity contribution in [3.8, 4) is 11.5 Å². The molecular formula is C22H25N3O6S. The van der Waals surface area contributed by atoms with E-state index in [2.05, 4.69) is 10.9 Å². The lowest BCUT2D eigenvalue weighted by molar-refractivity contribution is -0.131. The summed E-state index contributed by atoms with van der Waals surface area (Å²) in [7, 11) is -3.70. The molecule has 0 unspecified atom stereocenters. The highest BCUT2D eigenvalue weighted by atomic mass is 32.2. The van der Waals surface area contributed by atoms with Crippen molar-refractivity contribution in [2.45, 2.75) is 37.2 Å². The number of carbonyl (C=O) groups excluding carboxylic acids is 2. The highest BCUT2D eigenvalue weighted by molar-refractivity contribution is 7.89. The summed E-state index contributed by atoms with van der Waals surface area (Å²) in [4.78, 5) is 25.1. The van der Waals surface area contributed by atoms with Crippen molar-refractivity contribution in [1.29, 1.82) is 0 Å². The summed E-state index contributed by atoms with van der Waals surface area (Å²) in [5, 5.41) is 0. The van der Waals surface area contributed by atoms with E-state index in [1.54, 1.807) is 37.3 Å². The number of piperidine rings is 1. The van der Waals surface area contributed by atoms with Gasteiger partial charge in [-0.15, -0.1) is 0 Å². The molecule has 0 radical (unpaired) electrons. The van der Waals surface area contributed by atoms with Crippen LogP contribution in [0.1, 0.15) is 35.2 Å². The molecule has 2 aromatic carbocycles. The van der Waals surface area contributed by atoms with Gasteiger partial charge in [-0.3, -0.25) is 20.4 Å². The molecule has 1 atom stereocenters. The lowest BCUT2D eigenvalue weighted by Crippen LogP contribution is -2.50. The van der Waals surface area contributed by atoms with Gasteiger partial charge in [0, 0.05) is 18.7 Å². The Morgan fingerprint density at radius 2 is 1.72 bits per heavy atom. The topological polar surface area (TPSA) is 114 Å². The first kappa shape index (κ1) is 22.1. The number of aryl methyl sites for hydroxylation is 1. The molecule has 32 heavy (non-hydrogen) atoms. The number of carbonyl (C=O) groups is 2. The van der Waals surface area contributed by atoms with Crippen LogP contribution < -0.4 is 20.3 Å². The van der Waals surface area contributed by atoms with Crippen LogP contribution in [0.4, 0.5) is 0 Å². The van der Waals surface area contributed by atoms with Crippen molar-refractivity contribution in [2.75, 3.05) is 19.7 Å². The molecule has 2 aromatic rings. The van der Waals surface area contributed by atoms with Gasteiger partial charge in [0.2, 0.25) is 16.1 Å². The fourth-order valence-corrected chi connectivity index (χ4v) is 5.45. The molecule has 1 fully saturated rings. The van der Waals surface area contributed by atoms with Crippen molar-refractivity contribution in [2.24, 2.45) is 0 Å². The van der Waals surface area contributed by atoms with Gasteiger partial charge in [-0.25, -0.2) is 8.42 Å². The van der Waals surface area contributed by atoms with E-state index in [4.69, 9.17) is 9.47 Å². The van der Waals surface area contributed by atoms with Crippen molar-refractivity contribution >= 4 is 21.8 Å². The number of ether oxygens (including phenoxy) is 2. The Hall–Kier alpha value is -3.11. The van der Waals surface area contributed by atoms with Crippen molar-refractivity contribution < 1.29 is 27.5 Å². The average Bonchev–Trinajstić information content (AvgIpc) is 2.82. The van der Waals surface area contributed by atoms with Crippen LogP contribution in [-0.2, 0) is 14.8 Å².